The molecule has 0 saturated carbocycles. The first-order valence-corrected chi connectivity index (χ1v) is 9.80. The van der Waals surface area contributed by atoms with Gasteiger partial charge in [0.1, 0.15) is 11.3 Å². The normalized spacial score (nSPS) is 20.2. The zero-order chi connectivity index (χ0) is 19.5. The van der Waals surface area contributed by atoms with Gasteiger partial charge in [0.05, 0.1) is 0 Å². The van der Waals surface area contributed by atoms with E-state index in [9.17, 15) is 9.59 Å². The minimum absolute atomic E-state index is 0.150. The molecule has 148 valence electrons. The van der Waals surface area contributed by atoms with E-state index >= 15 is 0 Å². The Balaban J connectivity index is 1.47. The number of nitrogens with zero attached hydrogens (tertiary/aromatic N) is 4. The lowest BCUT2D eigenvalue weighted by molar-refractivity contribution is 0.0740. The summed E-state index contributed by atoms with van der Waals surface area (Å²) in [5, 5.41) is 3.33. The predicted molar refractivity (Wildman–Crippen MR) is 105 cm³/mol. The number of piperazine rings is 1. The van der Waals surface area contributed by atoms with Crippen LogP contribution in [0.1, 0.15) is 40.4 Å². The second-order valence-electron chi connectivity index (χ2n) is 7.37. The Morgan fingerprint density at radius 1 is 1.21 bits per heavy atom. The summed E-state index contributed by atoms with van der Waals surface area (Å²) in [4.78, 5) is 37.8. The van der Waals surface area contributed by atoms with Gasteiger partial charge in [-0.25, -0.2) is 14.8 Å². The first kappa shape index (κ1) is 18.6. The number of nitrogens with one attached hydrogen (secondary N) is 1. The molecule has 1 unspecified atom stereocenters. The highest BCUT2D eigenvalue weighted by Gasteiger charge is 2.28. The molecule has 1 N–H and O–H groups in total. The van der Waals surface area contributed by atoms with E-state index in [4.69, 9.17) is 4.42 Å². The van der Waals surface area contributed by atoms with Gasteiger partial charge in [-0.15, -0.1) is 0 Å². The first-order valence-electron chi connectivity index (χ1n) is 9.80. The number of aryl methyl sites for hydroxylation is 1. The van der Waals surface area contributed by atoms with Gasteiger partial charge >= 0.3 is 5.63 Å². The molecule has 1 amide bonds. The molecule has 4 heterocycles. The summed E-state index contributed by atoms with van der Waals surface area (Å²) in [5.41, 5.74) is 0.312. The molecule has 2 aromatic rings. The Bertz CT molecular complexity index is 884. The van der Waals surface area contributed by atoms with Gasteiger partial charge in [-0.3, -0.25) is 4.79 Å². The van der Waals surface area contributed by atoms with Crippen molar-refractivity contribution in [3.63, 3.8) is 0 Å². The van der Waals surface area contributed by atoms with Crippen LogP contribution >= 0.6 is 0 Å². The van der Waals surface area contributed by atoms with Crippen molar-refractivity contribution in [1.29, 1.82) is 0 Å². The van der Waals surface area contributed by atoms with Gasteiger partial charge in [0, 0.05) is 51.0 Å². The van der Waals surface area contributed by atoms with Crippen LogP contribution in [0, 0.1) is 6.92 Å². The van der Waals surface area contributed by atoms with Crippen molar-refractivity contribution >= 4 is 11.9 Å². The quantitative estimate of drug-likeness (QED) is 0.851. The highest BCUT2D eigenvalue weighted by molar-refractivity contribution is 5.95. The number of rotatable bonds is 3. The largest absolute Gasteiger partial charge is 0.427 e. The molecule has 0 spiro atoms. The molecule has 28 heavy (non-hydrogen) atoms. The van der Waals surface area contributed by atoms with Crippen molar-refractivity contribution in [3.05, 3.63) is 51.8 Å². The summed E-state index contributed by atoms with van der Waals surface area (Å²) in [5.74, 6) is 1.28. The van der Waals surface area contributed by atoms with E-state index in [0.717, 1.165) is 25.9 Å². The zero-order valence-electron chi connectivity index (χ0n) is 16.1. The van der Waals surface area contributed by atoms with Gasteiger partial charge < -0.3 is 19.5 Å². The summed E-state index contributed by atoms with van der Waals surface area (Å²) >= 11 is 0. The van der Waals surface area contributed by atoms with Crippen molar-refractivity contribution < 1.29 is 9.21 Å². The third-order valence-electron chi connectivity index (χ3n) is 5.48. The number of aromatic nitrogens is 2. The standard InChI is InChI=1S/C20H25N5O3/c1-14-12-16(15-4-2-5-21-13-15)28-19(27)17(14)18(26)24-8-10-25(11-9-24)20-22-6-3-7-23-20/h3,6-7,12,15,21H,2,4-5,8-11,13H2,1H3. The molecule has 2 fully saturated rings. The molecular weight excluding hydrogens is 358 g/mol. The lowest BCUT2D eigenvalue weighted by atomic mass is 9.95. The number of hydrogen-bond acceptors (Lipinski definition) is 7. The SMILES string of the molecule is Cc1cc(C2CCCNC2)oc(=O)c1C(=O)N1CCN(c2ncccn2)CC1. The van der Waals surface area contributed by atoms with Crippen molar-refractivity contribution in [2.24, 2.45) is 0 Å². The predicted octanol–water partition coefficient (Wildman–Crippen LogP) is 1.17. The van der Waals surface area contributed by atoms with Crippen LogP contribution in [0.4, 0.5) is 5.95 Å². The lowest BCUT2D eigenvalue weighted by Crippen LogP contribution is -2.50. The van der Waals surface area contributed by atoms with Gasteiger partial charge in [0.2, 0.25) is 5.95 Å². The average molecular weight is 383 g/mol. The first-order chi connectivity index (χ1) is 13.6. The van der Waals surface area contributed by atoms with Crippen LogP contribution in [0.2, 0.25) is 0 Å². The molecule has 8 heteroatoms. The molecule has 1 atom stereocenters. The maximum Gasteiger partial charge on any atom is 0.349 e. The molecule has 0 aromatic carbocycles. The minimum Gasteiger partial charge on any atom is -0.427 e. The maximum atomic E-state index is 13.0. The van der Waals surface area contributed by atoms with Gasteiger partial charge in [0.25, 0.3) is 5.91 Å². The summed E-state index contributed by atoms with van der Waals surface area (Å²) in [7, 11) is 0. The van der Waals surface area contributed by atoms with Crippen LogP contribution < -0.4 is 15.8 Å². The molecule has 4 rings (SSSR count). The van der Waals surface area contributed by atoms with Gasteiger partial charge in [-0.1, -0.05) is 0 Å². The van der Waals surface area contributed by atoms with Crippen LogP contribution in [-0.2, 0) is 0 Å². The monoisotopic (exact) mass is 383 g/mol. The minimum atomic E-state index is -0.528. The Morgan fingerprint density at radius 2 is 1.96 bits per heavy atom. The third kappa shape index (κ3) is 3.77. The Labute approximate surface area is 163 Å². The fourth-order valence-corrected chi connectivity index (χ4v) is 3.91. The molecule has 8 nitrogen and oxygen atoms in total. The fraction of sp³-hybridized carbons (Fsp3) is 0.500. The van der Waals surface area contributed by atoms with Crippen molar-refractivity contribution in [2.45, 2.75) is 25.7 Å². The van der Waals surface area contributed by atoms with E-state index < -0.39 is 5.63 Å². The van der Waals surface area contributed by atoms with E-state index in [-0.39, 0.29) is 17.4 Å². The van der Waals surface area contributed by atoms with E-state index in [0.29, 0.717) is 43.5 Å². The summed E-state index contributed by atoms with van der Waals surface area (Å²) in [6.45, 7) is 5.92. The van der Waals surface area contributed by atoms with Gasteiger partial charge in [-0.2, -0.15) is 0 Å². The average Bonchev–Trinajstić information content (AvgIpc) is 2.74. The third-order valence-corrected chi connectivity index (χ3v) is 5.48. The zero-order valence-corrected chi connectivity index (χ0v) is 16.1. The van der Waals surface area contributed by atoms with Crippen molar-refractivity contribution in [1.82, 2.24) is 20.2 Å². The molecule has 2 saturated heterocycles. The van der Waals surface area contributed by atoms with Crippen molar-refractivity contribution in [3.8, 4) is 0 Å². The molecule has 2 aliphatic rings. The molecule has 0 aliphatic carbocycles. The highest BCUT2D eigenvalue weighted by atomic mass is 16.4. The Hall–Kier alpha value is -2.74. The number of carbonyl (C=O) groups excluding carboxylic acids is 1. The van der Waals surface area contributed by atoms with Crippen LogP contribution in [0.5, 0.6) is 0 Å². The van der Waals surface area contributed by atoms with E-state index in [1.165, 1.54) is 0 Å². The number of amides is 1. The molecular formula is C20H25N5O3. The van der Waals surface area contributed by atoms with Crippen LogP contribution in [-0.4, -0.2) is 60.0 Å². The number of carbonyl (C=O) groups is 1. The van der Waals surface area contributed by atoms with Crippen LogP contribution in [0.25, 0.3) is 0 Å². The van der Waals surface area contributed by atoms with Crippen molar-refractivity contribution in [2.75, 3.05) is 44.2 Å². The number of hydrogen-bond donors (Lipinski definition) is 1. The topological polar surface area (TPSA) is 91.6 Å². The highest BCUT2D eigenvalue weighted by Crippen LogP contribution is 2.24. The maximum absolute atomic E-state index is 13.0. The number of piperidine rings is 1. The molecule has 2 aliphatic heterocycles. The lowest BCUT2D eigenvalue weighted by Gasteiger charge is -2.34. The molecule has 0 bridgehead atoms. The van der Waals surface area contributed by atoms with E-state index in [1.807, 2.05) is 17.9 Å². The molecule has 2 aromatic heterocycles. The summed E-state index contributed by atoms with van der Waals surface area (Å²) in [6, 6.07) is 3.64. The van der Waals surface area contributed by atoms with E-state index in [1.54, 1.807) is 23.4 Å². The van der Waals surface area contributed by atoms with E-state index in [2.05, 4.69) is 15.3 Å². The summed E-state index contributed by atoms with van der Waals surface area (Å²) < 4.78 is 5.56. The summed E-state index contributed by atoms with van der Waals surface area (Å²) in [6.07, 6.45) is 5.46. The fourth-order valence-electron chi connectivity index (χ4n) is 3.91. The number of anilines is 1. The smallest absolute Gasteiger partial charge is 0.349 e. The molecule has 0 radical (unpaired) electrons. The van der Waals surface area contributed by atoms with Gasteiger partial charge in [0.15, 0.2) is 0 Å². The van der Waals surface area contributed by atoms with Gasteiger partial charge in [-0.05, 0) is 44.0 Å². The van der Waals surface area contributed by atoms with Crippen LogP contribution in [0.15, 0.2) is 33.7 Å². The second kappa shape index (κ2) is 8.10. The second-order valence-corrected chi connectivity index (χ2v) is 7.37. The Morgan fingerprint density at radius 3 is 2.61 bits per heavy atom. The van der Waals surface area contributed by atoms with Crippen LogP contribution in [0.3, 0.4) is 0 Å². The Kier molecular flexibility index (Phi) is 5.38.